The lowest BCUT2D eigenvalue weighted by molar-refractivity contribution is 0.0998. The molecule has 1 aliphatic heterocycles. The molecule has 1 aromatic carbocycles. The fraction of sp³-hybridized carbons (Fsp3) is 0.318. The number of carbonyl (C=O) groups excluding carboxylic acids is 1. The highest BCUT2D eigenvalue weighted by Gasteiger charge is 2.24. The Morgan fingerprint density at radius 3 is 2.68 bits per heavy atom. The molecule has 0 radical (unpaired) electrons. The average molecular weight is 420 g/mol. The number of para-hydroxylation sites is 1. The zero-order chi connectivity index (χ0) is 22.0. The summed E-state index contributed by atoms with van der Waals surface area (Å²) < 4.78 is 9.22. The van der Waals surface area contributed by atoms with Gasteiger partial charge in [0.1, 0.15) is 16.8 Å². The van der Waals surface area contributed by atoms with E-state index in [4.69, 9.17) is 10.5 Å². The van der Waals surface area contributed by atoms with E-state index in [-0.39, 0.29) is 17.8 Å². The van der Waals surface area contributed by atoms with Crippen molar-refractivity contribution in [3.63, 3.8) is 0 Å². The SMILES string of the molecule is CC#CCn1c(=O)n(C)c2c(Oc3ccccc3C(N)=O)cnc(N3CCNCC3)c21. The molecule has 31 heavy (non-hydrogen) atoms. The summed E-state index contributed by atoms with van der Waals surface area (Å²) >= 11 is 0. The maximum absolute atomic E-state index is 13.1. The minimum atomic E-state index is -0.595. The maximum Gasteiger partial charge on any atom is 0.329 e. The highest BCUT2D eigenvalue weighted by Crippen LogP contribution is 2.34. The third-order valence-electron chi connectivity index (χ3n) is 5.30. The summed E-state index contributed by atoms with van der Waals surface area (Å²) in [4.78, 5) is 31.7. The number of amides is 1. The molecule has 1 fully saturated rings. The Morgan fingerprint density at radius 1 is 1.23 bits per heavy atom. The topological polar surface area (TPSA) is 107 Å². The molecule has 0 saturated carbocycles. The molecule has 160 valence electrons. The Hall–Kier alpha value is -3.77. The van der Waals surface area contributed by atoms with Gasteiger partial charge in [-0.3, -0.25) is 13.9 Å². The third-order valence-corrected chi connectivity index (χ3v) is 5.30. The molecule has 0 atom stereocenters. The molecule has 9 nitrogen and oxygen atoms in total. The summed E-state index contributed by atoms with van der Waals surface area (Å²) in [6.07, 6.45) is 1.59. The van der Waals surface area contributed by atoms with Crippen LogP contribution in [0.25, 0.3) is 11.0 Å². The van der Waals surface area contributed by atoms with E-state index in [1.807, 2.05) is 0 Å². The second kappa shape index (κ2) is 8.53. The number of pyridine rings is 1. The van der Waals surface area contributed by atoms with Crippen LogP contribution in [0.2, 0.25) is 0 Å². The second-order valence-corrected chi connectivity index (χ2v) is 7.20. The van der Waals surface area contributed by atoms with Crippen LogP contribution in [0.1, 0.15) is 17.3 Å². The van der Waals surface area contributed by atoms with Gasteiger partial charge in [0.05, 0.1) is 18.3 Å². The first kappa shape index (κ1) is 20.5. The van der Waals surface area contributed by atoms with E-state index >= 15 is 0 Å². The van der Waals surface area contributed by atoms with Gasteiger partial charge in [0.2, 0.25) is 0 Å². The van der Waals surface area contributed by atoms with Gasteiger partial charge in [0, 0.05) is 33.2 Å². The number of nitrogens with one attached hydrogen (secondary N) is 1. The molecule has 2 aromatic heterocycles. The van der Waals surface area contributed by atoms with Gasteiger partial charge in [-0.1, -0.05) is 18.1 Å². The molecular formula is C22H24N6O3. The van der Waals surface area contributed by atoms with Gasteiger partial charge in [-0.15, -0.1) is 5.92 Å². The Labute approximate surface area is 179 Å². The fourth-order valence-corrected chi connectivity index (χ4v) is 3.77. The van der Waals surface area contributed by atoms with Crippen LogP contribution < -0.4 is 26.4 Å². The number of hydrogen-bond acceptors (Lipinski definition) is 6. The van der Waals surface area contributed by atoms with Crippen LogP contribution in [0, 0.1) is 11.8 Å². The molecule has 0 bridgehead atoms. The lowest BCUT2D eigenvalue weighted by atomic mass is 10.2. The van der Waals surface area contributed by atoms with Gasteiger partial charge in [-0.25, -0.2) is 9.78 Å². The van der Waals surface area contributed by atoms with E-state index in [9.17, 15) is 9.59 Å². The van der Waals surface area contributed by atoms with E-state index in [1.54, 1.807) is 49.0 Å². The van der Waals surface area contributed by atoms with E-state index in [2.05, 4.69) is 27.0 Å². The number of primary amides is 1. The van der Waals surface area contributed by atoms with Gasteiger partial charge in [0.15, 0.2) is 11.6 Å². The van der Waals surface area contributed by atoms with Crippen molar-refractivity contribution < 1.29 is 9.53 Å². The van der Waals surface area contributed by atoms with Crippen LogP contribution in [0.4, 0.5) is 5.82 Å². The summed E-state index contributed by atoms with van der Waals surface area (Å²) in [5.74, 6) is 6.61. The lowest BCUT2D eigenvalue weighted by Gasteiger charge is -2.29. The molecule has 0 spiro atoms. The first-order valence-electron chi connectivity index (χ1n) is 10.0. The molecule has 3 aromatic rings. The van der Waals surface area contributed by atoms with Crippen molar-refractivity contribution in [1.82, 2.24) is 19.4 Å². The summed E-state index contributed by atoms with van der Waals surface area (Å²) in [7, 11) is 1.69. The van der Waals surface area contributed by atoms with Crippen LogP contribution in [0.5, 0.6) is 11.5 Å². The quantitative estimate of drug-likeness (QED) is 0.598. The Kier molecular flexibility index (Phi) is 5.64. The van der Waals surface area contributed by atoms with Crippen molar-refractivity contribution in [2.75, 3.05) is 31.1 Å². The fourth-order valence-electron chi connectivity index (χ4n) is 3.77. The first-order valence-corrected chi connectivity index (χ1v) is 10.0. The number of anilines is 1. The number of aryl methyl sites for hydroxylation is 1. The number of carbonyl (C=O) groups is 1. The zero-order valence-electron chi connectivity index (χ0n) is 17.5. The van der Waals surface area contributed by atoms with Crippen molar-refractivity contribution in [1.29, 1.82) is 0 Å². The number of benzene rings is 1. The molecule has 0 aliphatic carbocycles. The van der Waals surface area contributed by atoms with E-state index in [0.29, 0.717) is 28.4 Å². The van der Waals surface area contributed by atoms with Gasteiger partial charge >= 0.3 is 5.69 Å². The van der Waals surface area contributed by atoms with Crippen molar-refractivity contribution in [3.05, 3.63) is 46.5 Å². The van der Waals surface area contributed by atoms with Crippen LogP contribution in [0.15, 0.2) is 35.3 Å². The van der Waals surface area contributed by atoms with Crippen molar-refractivity contribution >= 4 is 22.8 Å². The number of nitrogens with two attached hydrogens (primary N) is 1. The Bertz CT molecular complexity index is 1260. The minimum absolute atomic E-state index is 0.213. The number of nitrogens with zero attached hydrogens (tertiary/aromatic N) is 4. The Balaban J connectivity index is 1.93. The van der Waals surface area contributed by atoms with Crippen LogP contribution in [-0.4, -0.2) is 46.2 Å². The molecular weight excluding hydrogens is 396 g/mol. The van der Waals surface area contributed by atoms with Gasteiger partial charge in [-0.05, 0) is 19.1 Å². The molecule has 4 rings (SSSR count). The maximum atomic E-state index is 13.1. The Morgan fingerprint density at radius 2 is 1.97 bits per heavy atom. The normalized spacial score (nSPS) is 13.7. The van der Waals surface area contributed by atoms with Crippen LogP contribution >= 0.6 is 0 Å². The predicted molar refractivity (Wildman–Crippen MR) is 119 cm³/mol. The minimum Gasteiger partial charge on any atom is -0.453 e. The molecule has 3 N–H and O–H groups in total. The number of aromatic nitrogens is 3. The van der Waals surface area contributed by atoms with Gasteiger partial charge < -0.3 is 20.7 Å². The lowest BCUT2D eigenvalue weighted by Crippen LogP contribution is -2.44. The van der Waals surface area contributed by atoms with Crippen LogP contribution in [-0.2, 0) is 13.6 Å². The number of rotatable bonds is 5. The molecule has 1 saturated heterocycles. The predicted octanol–water partition coefficient (Wildman–Crippen LogP) is 1.06. The van der Waals surface area contributed by atoms with Crippen molar-refractivity contribution in [2.45, 2.75) is 13.5 Å². The smallest absolute Gasteiger partial charge is 0.329 e. The largest absolute Gasteiger partial charge is 0.453 e. The molecule has 1 aliphatic rings. The highest BCUT2D eigenvalue weighted by atomic mass is 16.5. The van der Waals surface area contributed by atoms with E-state index in [1.165, 1.54) is 4.57 Å². The summed E-state index contributed by atoms with van der Waals surface area (Å²) in [5.41, 5.74) is 6.78. The molecule has 1 amide bonds. The number of fused-ring (bicyclic) bond motifs is 1. The second-order valence-electron chi connectivity index (χ2n) is 7.20. The van der Waals surface area contributed by atoms with Crippen molar-refractivity contribution in [3.8, 4) is 23.3 Å². The zero-order valence-corrected chi connectivity index (χ0v) is 17.5. The molecule has 9 heteroatoms. The average Bonchev–Trinajstić information content (AvgIpc) is 3.04. The van der Waals surface area contributed by atoms with Gasteiger partial charge in [0.25, 0.3) is 5.91 Å². The summed E-state index contributed by atoms with van der Waals surface area (Å²) in [6, 6.07) is 6.72. The number of piperazine rings is 1. The van der Waals surface area contributed by atoms with E-state index < -0.39 is 5.91 Å². The van der Waals surface area contributed by atoms with Crippen molar-refractivity contribution in [2.24, 2.45) is 12.8 Å². The highest BCUT2D eigenvalue weighted by molar-refractivity contribution is 5.96. The summed E-state index contributed by atoms with van der Waals surface area (Å²) in [6.45, 7) is 5.19. The van der Waals surface area contributed by atoms with Gasteiger partial charge in [-0.2, -0.15) is 0 Å². The number of ether oxygens (including phenoxy) is 1. The monoisotopic (exact) mass is 420 g/mol. The van der Waals surface area contributed by atoms with Crippen LogP contribution in [0.3, 0.4) is 0 Å². The number of imidazole rings is 1. The molecule has 3 heterocycles. The molecule has 0 unspecified atom stereocenters. The van der Waals surface area contributed by atoms with E-state index in [0.717, 1.165) is 26.2 Å². The number of hydrogen-bond donors (Lipinski definition) is 2. The first-order chi connectivity index (χ1) is 15.0. The summed E-state index contributed by atoms with van der Waals surface area (Å²) in [5, 5.41) is 3.32. The third kappa shape index (κ3) is 3.73. The standard InChI is InChI=1S/C22H24N6O3/c1-3-4-11-28-19-18(26(2)22(28)30)17(14-25-21(19)27-12-9-24-10-13-27)31-16-8-6-5-7-15(16)20(23)29/h5-8,14,24H,9-13H2,1-2H3,(H2,23,29).